The van der Waals surface area contributed by atoms with Crippen molar-refractivity contribution in [3.05, 3.63) is 35.9 Å². The summed E-state index contributed by atoms with van der Waals surface area (Å²) in [6.45, 7) is 7.67. The van der Waals surface area contributed by atoms with Crippen molar-refractivity contribution in [1.29, 1.82) is 0 Å². The van der Waals surface area contributed by atoms with Crippen molar-refractivity contribution in [3.8, 4) is 0 Å². The van der Waals surface area contributed by atoms with Gasteiger partial charge < -0.3 is 15.0 Å². The molecule has 4 nitrogen and oxygen atoms in total. The summed E-state index contributed by atoms with van der Waals surface area (Å²) in [6.07, 6.45) is 1.07. The third-order valence-electron chi connectivity index (χ3n) is 3.96. The Hall–Kier alpha value is -1.39. The fourth-order valence-corrected chi connectivity index (χ4v) is 2.71. The lowest BCUT2D eigenvalue weighted by Crippen LogP contribution is -2.45. The minimum absolute atomic E-state index is 0.0554. The molecule has 0 saturated carbocycles. The number of nitrogens with zero attached hydrogens (tertiary/aromatic N) is 1. The molecule has 0 aliphatic carbocycles. The summed E-state index contributed by atoms with van der Waals surface area (Å²) in [7, 11) is 0. The molecule has 1 N–H and O–H groups in total. The fourth-order valence-electron chi connectivity index (χ4n) is 2.71. The molecule has 1 amide bonds. The number of hydrogen-bond acceptors (Lipinski definition) is 3. The van der Waals surface area contributed by atoms with Gasteiger partial charge >= 0.3 is 0 Å². The van der Waals surface area contributed by atoms with Gasteiger partial charge in [0.25, 0.3) is 0 Å². The van der Waals surface area contributed by atoms with Gasteiger partial charge in [-0.25, -0.2) is 0 Å². The van der Waals surface area contributed by atoms with Crippen LogP contribution in [0.1, 0.15) is 25.8 Å². The van der Waals surface area contributed by atoms with E-state index < -0.39 is 0 Å². The molecule has 2 rings (SSSR count). The van der Waals surface area contributed by atoms with Gasteiger partial charge in [0.1, 0.15) is 0 Å². The Morgan fingerprint density at radius 3 is 2.71 bits per heavy atom. The van der Waals surface area contributed by atoms with Gasteiger partial charge in [0.2, 0.25) is 5.91 Å². The van der Waals surface area contributed by atoms with Crippen LogP contribution in [0, 0.1) is 5.92 Å². The van der Waals surface area contributed by atoms with Crippen LogP contribution in [0.4, 0.5) is 0 Å². The Balaban J connectivity index is 1.98. The lowest BCUT2D eigenvalue weighted by Gasteiger charge is -2.27. The summed E-state index contributed by atoms with van der Waals surface area (Å²) in [5, 5.41) is 3.43. The van der Waals surface area contributed by atoms with Crippen LogP contribution in [-0.2, 0) is 16.1 Å². The van der Waals surface area contributed by atoms with Gasteiger partial charge in [0.15, 0.2) is 0 Å². The molecular weight excluding hydrogens is 264 g/mol. The molecule has 0 bridgehead atoms. The van der Waals surface area contributed by atoms with E-state index in [1.54, 1.807) is 0 Å². The number of benzene rings is 1. The van der Waals surface area contributed by atoms with Crippen LogP contribution < -0.4 is 5.32 Å². The average Bonchev–Trinajstić information content (AvgIpc) is 2.99. The van der Waals surface area contributed by atoms with Crippen molar-refractivity contribution in [3.63, 3.8) is 0 Å². The first kappa shape index (κ1) is 16.0. The van der Waals surface area contributed by atoms with Crippen LogP contribution >= 0.6 is 0 Å². The number of hydrogen-bond donors (Lipinski definition) is 1. The predicted molar refractivity (Wildman–Crippen MR) is 83.9 cm³/mol. The molecule has 1 saturated heterocycles. The van der Waals surface area contributed by atoms with E-state index in [-0.39, 0.29) is 17.9 Å². The maximum Gasteiger partial charge on any atom is 0.229 e. The zero-order valence-electron chi connectivity index (χ0n) is 13.0. The number of rotatable bonds is 7. The number of carbonyl (C=O) groups excluding carboxylic acids is 1. The molecule has 1 aliphatic heterocycles. The molecular formula is C17H26N2O2. The summed E-state index contributed by atoms with van der Waals surface area (Å²) < 4.78 is 5.52. The maximum absolute atomic E-state index is 12.8. The highest BCUT2D eigenvalue weighted by molar-refractivity contribution is 5.80. The first-order valence-corrected chi connectivity index (χ1v) is 7.90. The van der Waals surface area contributed by atoms with Crippen LogP contribution in [0.5, 0.6) is 0 Å². The molecule has 1 aliphatic rings. The average molecular weight is 290 g/mol. The molecule has 0 aromatic heterocycles. The van der Waals surface area contributed by atoms with E-state index >= 15 is 0 Å². The minimum atomic E-state index is -0.0554. The number of ether oxygens (including phenoxy) is 1. The molecule has 4 heteroatoms. The van der Waals surface area contributed by atoms with Crippen LogP contribution in [0.3, 0.4) is 0 Å². The summed E-state index contributed by atoms with van der Waals surface area (Å²) in [5.74, 6) is 0.146. The summed E-state index contributed by atoms with van der Waals surface area (Å²) in [6, 6.07) is 10.3. The number of nitrogens with one attached hydrogen (secondary N) is 1. The third-order valence-corrected chi connectivity index (χ3v) is 3.96. The monoisotopic (exact) mass is 290 g/mol. The van der Waals surface area contributed by atoms with E-state index in [1.165, 1.54) is 5.56 Å². The summed E-state index contributed by atoms with van der Waals surface area (Å²) >= 11 is 0. The van der Waals surface area contributed by atoms with Crippen LogP contribution in [0.25, 0.3) is 0 Å². The highest BCUT2D eigenvalue weighted by Crippen LogP contribution is 2.18. The van der Waals surface area contributed by atoms with Gasteiger partial charge in [-0.3, -0.25) is 4.79 Å². The second kappa shape index (κ2) is 8.15. The molecule has 0 spiro atoms. The Labute approximate surface area is 127 Å². The maximum atomic E-state index is 12.8. The summed E-state index contributed by atoms with van der Waals surface area (Å²) in [5.41, 5.74) is 1.17. The smallest absolute Gasteiger partial charge is 0.229 e. The highest BCUT2D eigenvalue weighted by Gasteiger charge is 2.35. The van der Waals surface area contributed by atoms with Gasteiger partial charge in [-0.1, -0.05) is 37.3 Å². The Bertz CT molecular complexity index is 436. The van der Waals surface area contributed by atoms with Crippen LogP contribution in [0.15, 0.2) is 30.3 Å². The van der Waals surface area contributed by atoms with E-state index in [0.717, 1.165) is 19.5 Å². The summed E-state index contributed by atoms with van der Waals surface area (Å²) in [4.78, 5) is 14.7. The molecule has 1 aromatic rings. The van der Waals surface area contributed by atoms with E-state index in [1.807, 2.05) is 30.0 Å². The first-order chi connectivity index (χ1) is 10.3. The Morgan fingerprint density at radius 2 is 2.05 bits per heavy atom. The molecule has 2 atom stereocenters. The van der Waals surface area contributed by atoms with E-state index in [9.17, 15) is 4.79 Å². The largest absolute Gasteiger partial charge is 0.379 e. The lowest BCUT2D eigenvalue weighted by molar-refractivity contribution is -0.136. The lowest BCUT2D eigenvalue weighted by atomic mass is 10.0. The predicted octanol–water partition coefficient (Wildman–Crippen LogP) is 2.05. The highest BCUT2D eigenvalue weighted by atomic mass is 16.5. The topological polar surface area (TPSA) is 41.6 Å². The number of carbonyl (C=O) groups is 1. The van der Waals surface area contributed by atoms with Gasteiger partial charge in [0, 0.05) is 19.1 Å². The van der Waals surface area contributed by atoms with Crippen molar-refractivity contribution in [1.82, 2.24) is 10.2 Å². The molecule has 0 radical (unpaired) electrons. The van der Waals surface area contributed by atoms with Gasteiger partial charge in [-0.15, -0.1) is 0 Å². The fraction of sp³-hybridized carbons (Fsp3) is 0.588. The van der Waals surface area contributed by atoms with Crippen molar-refractivity contribution < 1.29 is 9.53 Å². The standard InChI is InChI=1S/C17H26N2O2/c1-3-10-18-16-13-21-12-15(16)17(20)19(4-2)11-14-8-6-5-7-9-14/h5-9,15-16,18H,3-4,10-13H2,1-2H3. The molecule has 116 valence electrons. The second-order valence-corrected chi connectivity index (χ2v) is 5.54. The molecule has 21 heavy (non-hydrogen) atoms. The normalized spacial score (nSPS) is 21.4. The van der Waals surface area contributed by atoms with E-state index in [4.69, 9.17) is 4.74 Å². The Kier molecular flexibility index (Phi) is 6.21. The molecule has 1 fully saturated rings. The zero-order valence-corrected chi connectivity index (χ0v) is 13.0. The zero-order chi connectivity index (χ0) is 15.1. The molecule has 1 aromatic carbocycles. The first-order valence-electron chi connectivity index (χ1n) is 7.90. The van der Waals surface area contributed by atoms with Gasteiger partial charge in [0.05, 0.1) is 19.1 Å². The Morgan fingerprint density at radius 1 is 1.29 bits per heavy atom. The molecule has 1 heterocycles. The van der Waals surface area contributed by atoms with Crippen LogP contribution in [-0.4, -0.2) is 43.2 Å². The third kappa shape index (κ3) is 4.29. The van der Waals surface area contributed by atoms with Crippen molar-refractivity contribution in [2.75, 3.05) is 26.3 Å². The van der Waals surface area contributed by atoms with Crippen LogP contribution in [0.2, 0.25) is 0 Å². The number of amides is 1. The quantitative estimate of drug-likeness (QED) is 0.835. The van der Waals surface area contributed by atoms with Crippen molar-refractivity contribution >= 4 is 5.91 Å². The van der Waals surface area contributed by atoms with Gasteiger partial charge in [-0.05, 0) is 25.5 Å². The van der Waals surface area contributed by atoms with E-state index in [2.05, 4.69) is 24.4 Å². The van der Waals surface area contributed by atoms with Crippen molar-refractivity contribution in [2.45, 2.75) is 32.9 Å². The van der Waals surface area contributed by atoms with Crippen molar-refractivity contribution in [2.24, 2.45) is 5.92 Å². The SMILES string of the molecule is CCCNC1COCC1C(=O)N(CC)Cc1ccccc1. The van der Waals surface area contributed by atoms with E-state index in [0.29, 0.717) is 19.8 Å². The van der Waals surface area contributed by atoms with Gasteiger partial charge in [-0.2, -0.15) is 0 Å². The second-order valence-electron chi connectivity index (χ2n) is 5.54. The molecule has 2 unspecified atom stereocenters. The minimum Gasteiger partial charge on any atom is -0.379 e.